The number of para-hydroxylation sites is 1. The minimum Gasteiger partial charge on any atom is -0.483 e. The van der Waals surface area contributed by atoms with Gasteiger partial charge in [-0.15, -0.1) is 0 Å². The van der Waals surface area contributed by atoms with Gasteiger partial charge in [0.1, 0.15) is 5.75 Å². The summed E-state index contributed by atoms with van der Waals surface area (Å²) in [6.45, 7) is 2.04. The maximum atomic E-state index is 12.8. The van der Waals surface area contributed by atoms with E-state index >= 15 is 0 Å². The average Bonchev–Trinajstić information content (AvgIpc) is 2.94. The molecule has 2 saturated heterocycles. The summed E-state index contributed by atoms with van der Waals surface area (Å²) >= 11 is 0. The number of ether oxygens (including phenoxy) is 1. The van der Waals surface area contributed by atoms with Gasteiger partial charge in [0, 0.05) is 25.0 Å². The Balaban J connectivity index is 1.42. The first-order chi connectivity index (χ1) is 12.8. The van der Waals surface area contributed by atoms with Crippen molar-refractivity contribution in [1.29, 1.82) is 0 Å². The summed E-state index contributed by atoms with van der Waals surface area (Å²) in [6, 6.07) is 19.1. The van der Waals surface area contributed by atoms with Gasteiger partial charge in [0.05, 0.1) is 0 Å². The monoisotopic (exact) mass is 350 g/mol. The van der Waals surface area contributed by atoms with Crippen molar-refractivity contribution >= 4 is 5.91 Å². The minimum atomic E-state index is 0.121. The van der Waals surface area contributed by atoms with Crippen molar-refractivity contribution in [2.24, 2.45) is 0 Å². The maximum absolute atomic E-state index is 12.8. The molecule has 0 radical (unpaired) electrons. The van der Waals surface area contributed by atoms with Crippen LogP contribution in [0.5, 0.6) is 5.75 Å². The average molecular weight is 350 g/mol. The van der Waals surface area contributed by atoms with Crippen molar-refractivity contribution in [3.8, 4) is 5.75 Å². The SMILES string of the molecule is O=C(COc1ccccc1Cc1ccccc1)N1C2CCNCC1CC2. The number of amides is 1. The third-order valence-corrected chi connectivity index (χ3v) is 5.50. The van der Waals surface area contributed by atoms with Crippen LogP contribution >= 0.6 is 0 Å². The van der Waals surface area contributed by atoms with Crippen LogP contribution in [0.3, 0.4) is 0 Å². The molecule has 2 fully saturated rings. The number of rotatable bonds is 5. The summed E-state index contributed by atoms with van der Waals surface area (Å²) in [4.78, 5) is 14.9. The molecule has 4 rings (SSSR count). The fourth-order valence-corrected chi connectivity index (χ4v) is 4.21. The second-order valence-electron chi connectivity index (χ2n) is 7.24. The topological polar surface area (TPSA) is 41.6 Å². The smallest absolute Gasteiger partial charge is 0.261 e. The van der Waals surface area contributed by atoms with E-state index in [2.05, 4.69) is 28.4 Å². The summed E-state index contributed by atoms with van der Waals surface area (Å²) in [6.07, 6.45) is 4.09. The van der Waals surface area contributed by atoms with Crippen molar-refractivity contribution in [2.75, 3.05) is 19.7 Å². The summed E-state index contributed by atoms with van der Waals surface area (Å²) in [5.41, 5.74) is 2.36. The molecule has 0 spiro atoms. The first kappa shape index (κ1) is 17.1. The third kappa shape index (κ3) is 3.75. The number of nitrogens with one attached hydrogen (secondary N) is 1. The first-order valence-corrected chi connectivity index (χ1v) is 9.58. The van der Waals surface area contributed by atoms with Gasteiger partial charge in [-0.25, -0.2) is 0 Å². The molecule has 0 aliphatic carbocycles. The third-order valence-electron chi connectivity index (χ3n) is 5.50. The summed E-state index contributed by atoms with van der Waals surface area (Å²) < 4.78 is 5.98. The molecule has 4 heteroatoms. The van der Waals surface area contributed by atoms with Gasteiger partial charge in [0.2, 0.25) is 0 Å². The molecule has 2 aromatic carbocycles. The van der Waals surface area contributed by atoms with E-state index < -0.39 is 0 Å². The van der Waals surface area contributed by atoms with Crippen LogP contribution in [0.15, 0.2) is 54.6 Å². The second-order valence-corrected chi connectivity index (χ2v) is 7.24. The molecular formula is C22H26N2O2. The molecule has 1 amide bonds. The van der Waals surface area contributed by atoms with E-state index in [4.69, 9.17) is 4.74 Å². The van der Waals surface area contributed by atoms with Crippen LogP contribution in [0, 0.1) is 0 Å². The van der Waals surface area contributed by atoms with E-state index in [0.717, 1.165) is 50.1 Å². The van der Waals surface area contributed by atoms with Gasteiger partial charge >= 0.3 is 0 Å². The standard InChI is InChI=1S/C22H26N2O2/c25-22(24-19-10-11-20(24)15-23-13-12-19)16-26-21-9-5-4-8-18(21)14-17-6-2-1-3-7-17/h1-9,19-20,23H,10-16H2. The predicted octanol–water partition coefficient (Wildman–Crippen LogP) is 3.01. The van der Waals surface area contributed by atoms with E-state index in [1.54, 1.807) is 0 Å². The van der Waals surface area contributed by atoms with E-state index in [-0.39, 0.29) is 12.5 Å². The number of hydrogen-bond acceptors (Lipinski definition) is 3. The van der Waals surface area contributed by atoms with Gasteiger partial charge in [0.25, 0.3) is 5.91 Å². The second kappa shape index (κ2) is 7.92. The van der Waals surface area contributed by atoms with E-state index in [9.17, 15) is 4.79 Å². The number of hydrogen-bond donors (Lipinski definition) is 1. The van der Waals surface area contributed by atoms with Crippen LogP contribution in [0.1, 0.15) is 30.4 Å². The number of carbonyl (C=O) groups is 1. The molecule has 2 aromatic rings. The molecule has 26 heavy (non-hydrogen) atoms. The summed E-state index contributed by atoms with van der Waals surface area (Å²) in [5.74, 6) is 0.931. The zero-order valence-electron chi connectivity index (χ0n) is 15.1. The fourth-order valence-electron chi connectivity index (χ4n) is 4.21. The molecule has 2 atom stereocenters. The summed E-state index contributed by atoms with van der Waals surface area (Å²) in [5, 5.41) is 3.44. The number of carbonyl (C=O) groups excluding carboxylic acids is 1. The molecule has 2 aliphatic heterocycles. The Bertz CT molecular complexity index is 733. The lowest BCUT2D eigenvalue weighted by molar-refractivity contribution is -0.136. The highest BCUT2D eigenvalue weighted by Gasteiger charge is 2.37. The van der Waals surface area contributed by atoms with Crippen LogP contribution in [-0.4, -0.2) is 42.6 Å². The quantitative estimate of drug-likeness (QED) is 0.901. The van der Waals surface area contributed by atoms with Crippen LogP contribution in [-0.2, 0) is 11.2 Å². The number of nitrogens with zero attached hydrogens (tertiary/aromatic N) is 1. The Morgan fingerprint density at radius 1 is 1.00 bits per heavy atom. The lowest BCUT2D eigenvalue weighted by Crippen LogP contribution is -2.44. The lowest BCUT2D eigenvalue weighted by atomic mass is 10.0. The van der Waals surface area contributed by atoms with Gasteiger partial charge in [-0.3, -0.25) is 4.79 Å². The summed E-state index contributed by atoms with van der Waals surface area (Å²) in [7, 11) is 0. The van der Waals surface area contributed by atoms with Gasteiger partial charge in [-0.1, -0.05) is 48.5 Å². The Morgan fingerprint density at radius 3 is 2.65 bits per heavy atom. The minimum absolute atomic E-state index is 0.121. The maximum Gasteiger partial charge on any atom is 0.261 e. The van der Waals surface area contributed by atoms with Crippen molar-refractivity contribution < 1.29 is 9.53 Å². The van der Waals surface area contributed by atoms with Gasteiger partial charge < -0.3 is 15.0 Å². The van der Waals surface area contributed by atoms with Crippen molar-refractivity contribution in [2.45, 2.75) is 37.8 Å². The van der Waals surface area contributed by atoms with Crippen LogP contribution in [0.25, 0.3) is 0 Å². The van der Waals surface area contributed by atoms with Crippen molar-refractivity contribution in [1.82, 2.24) is 10.2 Å². The molecule has 0 saturated carbocycles. The molecule has 1 N–H and O–H groups in total. The number of benzene rings is 2. The molecular weight excluding hydrogens is 324 g/mol. The Hall–Kier alpha value is -2.33. The van der Waals surface area contributed by atoms with Crippen LogP contribution in [0.2, 0.25) is 0 Å². The van der Waals surface area contributed by atoms with Gasteiger partial charge in [0.15, 0.2) is 6.61 Å². The normalized spacial score (nSPS) is 22.1. The zero-order valence-corrected chi connectivity index (χ0v) is 15.1. The highest BCUT2D eigenvalue weighted by molar-refractivity contribution is 5.79. The molecule has 2 aliphatic rings. The molecule has 4 nitrogen and oxygen atoms in total. The van der Waals surface area contributed by atoms with E-state index in [0.29, 0.717) is 12.1 Å². The zero-order chi connectivity index (χ0) is 17.8. The largest absolute Gasteiger partial charge is 0.483 e. The lowest BCUT2D eigenvalue weighted by Gasteiger charge is -2.28. The molecule has 136 valence electrons. The highest BCUT2D eigenvalue weighted by atomic mass is 16.5. The first-order valence-electron chi connectivity index (χ1n) is 9.58. The van der Waals surface area contributed by atoms with Crippen molar-refractivity contribution in [3.05, 3.63) is 65.7 Å². The Morgan fingerprint density at radius 2 is 1.77 bits per heavy atom. The molecule has 0 aromatic heterocycles. The molecule has 2 heterocycles. The van der Waals surface area contributed by atoms with Gasteiger partial charge in [-0.05, 0) is 43.0 Å². The van der Waals surface area contributed by atoms with Crippen molar-refractivity contribution in [3.63, 3.8) is 0 Å². The highest BCUT2D eigenvalue weighted by Crippen LogP contribution is 2.28. The Kier molecular flexibility index (Phi) is 5.21. The predicted molar refractivity (Wildman–Crippen MR) is 102 cm³/mol. The Labute approximate surface area is 155 Å². The van der Waals surface area contributed by atoms with Crippen LogP contribution < -0.4 is 10.1 Å². The van der Waals surface area contributed by atoms with Gasteiger partial charge in [-0.2, -0.15) is 0 Å². The van der Waals surface area contributed by atoms with E-state index in [1.165, 1.54) is 5.56 Å². The fraction of sp³-hybridized carbons (Fsp3) is 0.409. The molecule has 2 unspecified atom stereocenters. The number of fused-ring (bicyclic) bond motifs is 2. The van der Waals surface area contributed by atoms with E-state index in [1.807, 2.05) is 36.4 Å². The van der Waals surface area contributed by atoms with Crippen LogP contribution in [0.4, 0.5) is 0 Å². The molecule has 2 bridgehead atoms.